The number of halogens is 2. The second kappa shape index (κ2) is 7.76. The maximum atomic E-state index is 13.9. The van der Waals surface area contributed by atoms with Gasteiger partial charge >= 0.3 is 0 Å². The molecule has 0 radical (unpaired) electrons. The number of carbonyl (C=O) groups excluding carboxylic acids is 1. The van der Waals surface area contributed by atoms with E-state index < -0.39 is 5.82 Å². The summed E-state index contributed by atoms with van der Waals surface area (Å²) in [5.41, 5.74) is 2.06. The van der Waals surface area contributed by atoms with Crippen molar-refractivity contribution in [2.45, 2.75) is 13.0 Å². The third-order valence-corrected chi connectivity index (χ3v) is 5.08. The number of benzene rings is 2. The van der Waals surface area contributed by atoms with Crippen LogP contribution in [0.5, 0.6) is 0 Å². The quantitative estimate of drug-likeness (QED) is 0.642. The molecule has 0 aliphatic heterocycles. The van der Waals surface area contributed by atoms with Crippen molar-refractivity contribution in [3.63, 3.8) is 0 Å². The summed E-state index contributed by atoms with van der Waals surface area (Å²) < 4.78 is 13.9. The second-order valence-electron chi connectivity index (χ2n) is 5.64. The fraction of sp³-hybridized carbons (Fsp3) is 0.158. The van der Waals surface area contributed by atoms with Crippen LogP contribution in [-0.4, -0.2) is 22.8 Å². The topological polar surface area (TPSA) is 33.2 Å². The summed E-state index contributed by atoms with van der Waals surface area (Å²) in [6.07, 6.45) is 0.173. The molecule has 0 saturated carbocycles. The van der Waals surface area contributed by atoms with Gasteiger partial charge in [0, 0.05) is 35.1 Å². The molecule has 2 aromatic carbocycles. The lowest BCUT2D eigenvalue weighted by Crippen LogP contribution is -2.28. The van der Waals surface area contributed by atoms with Gasteiger partial charge in [0.15, 0.2) is 0 Å². The predicted molar refractivity (Wildman–Crippen MR) is 99.1 cm³/mol. The molecule has 0 bridgehead atoms. The minimum atomic E-state index is -0.410. The number of amides is 1. The lowest BCUT2D eigenvalue weighted by atomic mass is 10.2. The Morgan fingerprint density at radius 2 is 1.96 bits per heavy atom. The Bertz CT molecular complexity index is 862. The van der Waals surface area contributed by atoms with Gasteiger partial charge in [0.2, 0.25) is 5.91 Å². The number of rotatable bonds is 5. The number of thiazole rings is 1. The SMILES string of the molecule is CN(Cc1c(F)cccc1Cl)C(=O)Cc1csc(-c2ccccc2)n1. The summed E-state index contributed by atoms with van der Waals surface area (Å²) in [5, 5.41) is 3.08. The van der Waals surface area contributed by atoms with E-state index >= 15 is 0 Å². The molecule has 0 aliphatic carbocycles. The Hall–Kier alpha value is -2.24. The average molecular weight is 375 g/mol. The van der Waals surface area contributed by atoms with Gasteiger partial charge in [0.1, 0.15) is 10.8 Å². The van der Waals surface area contributed by atoms with Crippen LogP contribution in [0.4, 0.5) is 4.39 Å². The number of likely N-dealkylation sites (N-methyl/N-ethyl adjacent to an activating group) is 1. The maximum absolute atomic E-state index is 13.9. The van der Waals surface area contributed by atoms with Gasteiger partial charge in [-0.2, -0.15) is 0 Å². The zero-order valence-electron chi connectivity index (χ0n) is 13.6. The molecular formula is C19H16ClFN2OS. The molecule has 3 rings (SSSR count). The molecule has 6 heteroatoms. The van der Waals surface area contributed by atoms with E-state index in [1.54, 1.807) is 19.2 Å². The first-order valence-electron chi connectivity index (χ1n) is 7.71. The highest BCUT2D eigenvalue weighted by molar-refractivity contribution is 7.13. The van der Waals surface area contributed by atoms with E-state index in [0.717, 1.165) is 10.6 Å². The summed E-state index contributed by atoms with van der Waals surface area (Å²) in [6.45, 7) is 0.125. The van der Waals surface area contributed by atoms with Crippen molar-refractivity contribution < 1.29 is 9.18 Å². The molecule has 0 unspecified atom stereocenters. The fourth-order valence-corrected chi connectivity index (χ4v) is 3.45. The molecule has 0 spiro atoms. The highest BCUT2D eigenvalue weighted by Crippen LogP contribution is 2.24. The van der Waals surface area contributed by atoms with Crippen molar-refractivity contribution in [3.05, 3.63) is 76.0 Å². The van der Waals surface area contributed by atoms with Crippen molar-refractivity contribution in [1.82, 2.24) is 9.88 Å². The van der Waals surface area contributed by atoms with Crippen LogP contribution < -0.4 is 0 Å². The molecule has 128 valence electrons. The van der Waals surface area contributed by atoms with E-state index in [9.17, 15) is 9.18 Å². The van der Waals surface area contributed by atoms with E-state index in [2.05, 4.69) is 4.98 Å². The highest BCUT2D eigenvalue weighted by atomic mass is 35.5. The van der Waals surface area contributed by atoms with Crippen molar-refractivity contribution in [2.24, 2.45) is 0 Å². The number of hydrogen-bond donors (Lipinski definition) is 0. The molecule has 0 saturated heterocycles. The van der Waals surface area contributed by atoms with Crippen LogP contribution in [0.1, 0.15) is 11.3 Å². The number of carbonyl (C=O) groups is 1. The van der Waals surface area contributed by atoms with Gasteiger partial charge in [-0.3, -0.25) is 4.79 Å². The summed E-state index contributed by atoms with van der Waals surface area (Å²) in [6, 6.07) is 14.3. The fourth-order valence-electron chi connectivity index (χ4n) is 2.40. The summed E-state index contributed by atoms with van der Waals surface area (Å²) in [5.74, 6) is -0.545. The molecule has 1 aromatic heterocycles. The van der Waals surface area contributed by atoms with Crippen LogP contribution in [0, 0.1) is 5.82 Å². The summed E-state index contributed by atoms with van der Waals surface area (Å²) in [4.78, 5) is 18.4. The predicted octanol–water partition coefficient (Wildman–Crippen LogP) is 4.80. The van der Waals surface area contributed by atoms with Gasteiger partial charge in [0.25, 0.3) is 0 Å². The van der Waals surface area contributed by atoms with E-state index in [4.69, 9.17) is 11.6 Å². The van der Waals surface area contributed by atoms with E-state index in [-0.39, 0.29) is 18.9 Å². The highest BCUT2D eigenvalue weighted by Gasteiger charge is 2.16. The minimum Gasteiger partial charge on any atom is -0.341 e. The Balaban J connectivity index is 1.67. The zero-order valence-corrected chi connectivity index (χ0v) is 15.1. The average Bonchev–Trinajstić information content (AvgIpc) is 3.07. The van der Waals surface area contributed by atoms with Gasteiger partial charge in [-0.1, -0.05) is 48.0 Å². The normalized spacial score (nSPS) is 10.7. The van der Waals surface area contributed by atoms with E-state index in [0.29, 0.717) is 16.3 Å². The standard InChI is InChI=1S/C19H16ClFN2OS/c1-23(11-15-16(20)8-5-9-17(15)21)18(24)10-14-12-25-19(22-14)13-6-3-2-4-7-13/h2-9,12H,10-11H2,1H3. The molecule has 3 aromatic rings. The molecule has 3 nitrogen and oxygen atoms in total. The number of nitrogens with zero attached hydrogens (tertiary/aromatic N) is 2. The maximum Gasteiger partial charge on any atom is 0.228 e. The number of aromatic nitrogens is 1. The van der Waals surface area contributed by atoms with E-state index in [1.807, 2.05) is 35.7 Å². The number of hydrogen-bond acceptors (Lipinski definition) is 3. The second-order valence-corrected chi connectivity index (χ2v) is 6.90. The molecule has 0 N–H and O–H groups in total. The van der Waals surface area contributed by atoms with Crippen LogP contribution >= 0.6 is 22.9 Å². The largest absolute Gasteiger partial charge is 0.341 e. The van der Waals surface area contributed by atoms with Crippen LogP contribution in [0.25, 0.3) is 10.6 Å². The van der Waals surface area contributed by atoms with Crippen molar-refractivity contribution in [2.75, 3.05) is 7.05 Å². The zero-order chi connectivity index (χ0) is 17.8. The summed E-state index contributed by atoms with van der Waals surface area (Å²) >= 11 is 7.52. The lowest BCUT2D eigenvalue weighted by Gasteiger charge is -2.18. The molecule has 0 aliphatic rings. The van der Waals surface area contributed by atoms with Crippen LogP contribution in [0.3, 0.4) is 0 Å². The van der Waals surface area contributed by atoms with Gasteiger partial charge in [-0.15, -0.1) is 11.3 Å². The Morgan fingerprint density at radius 1 is 1.20 bits per heavy atom. The van der Waals surface area contributed by atoms with Crippen molar-refractivity contribution in [3.8, 4) is 10.6 Å². The Morgan fingerprint density at radius 3 is 2.68 bits per heavy atom. The monoisotopic (exact) mass is 374 g/mol. The molecule has 25 heavy (non-hydrogen) atoms. The molecule has 0 atom stereocenters. The van der Waals surface area contributed by atoms with Crippen molar-refractivity contribution >= 4 is 28.8 Å². The Kier molecular flexibility index (Phi) is 5.46. The molecule has 1 heterocycles. The third kappa shape index (κ3) is 4.24. The molecule has 0 fully saturated rings. The lowest BCUT2D eigenvalue weighted by molar-refractivity contribution is -0.129. The third-order valence-electron chi connectivity index (χ3n) is 3.79. The summed E-state index contributed by atoms with van der Waals surface area (Å²) in [7, 11) is 1.63. The smallest absolute Gasteiger partial charge is 0.228 e. The Labute approximate surface area is 154 Å². The first-order valence-corrected chi connectivity index (χ1v) is 8.97. The molecular weight excluding hydrogens is 359 g/mol. The van der Waals surface area contributed by atoms with Crippen LogP contribution in [-0.2, 0) is 17.8 Å². The van der Waals surface area contributed by atoms with Crippen molar-refractivity contribution in [1.29, 1.82) is 0 Å². The van der Waals surface area contributed by atoms with Crippen LogP contribution in [0.2, 0.25) is 5.02 Å². The van der Waals surface area contributed by atoms with Crippen LogP contribution in [0.15, 0.2) is 53.9 Å². The van der Waals surface area contributed by atoms with Gasteiger partial charge in [0.05, 0.1) is 12.1 Å². The van der Waals surface area contributed by atoms with E-state index in [1.165, 1.54) is 22.3 Å². The van der Waals surface area contributed by atoms with Gasteiger partial charge < -0.3 is 4.90 Å². The van der Waals surface area contributed by atoms with Gasteiger partial charge in [-0.05, 0) is 12.1 Å². The minimum absolute atomic E-state index is 0.125. The van der Waals surface area contributed by atoms with Gasteiger partial charge in [-0.25, -0.2) is 9.37 Å². The molecule has 1 amide bonds. The first-order chi connectivity index (χ1) is 12.0. The first kappa shape index (κ1) is 17.6.